The fourth-order valence-electron chi connectivity index (χ4n) is 2.21. The highest BCUT2D eigenvalue weighted by Gasteiger charge is 2.42. The molecule has 0 aromatic heterocycles. The summed E-state index contributed by atoms with van der Waals surface area (Å²) in [6, 6.07) is 12.4. The highest BCUT2D eigenvalue weighted by atomic mass is 16.4. The first-order chi connectivity index (χ1) is 9.50. The van der Waals surface area contributed by atoms with Gasteiger partial charge in [0.05, 0.1) is 0 Å². The Morgan fingerprint density at radius 1 is 1.10 bits per heavy atom. The third-order valence-corrected chi connectivity index (χ3v) is 3.36. The first-order valence-electron chi connectivity index (χ1n) is 6.25. The Kier molecular flexibility index (Phi) is 3.83. The minimum absolute atomic E-state index is 0.0271. The molecule has 104 valence electrons. The van der Waals surface area contributed by atoms with Gasteiger partial charge in [-0.15, -0.1) is 0 Å². The van der Waals surface area contributed by atoms with Gasteiger partial charge in [0, 0.05) is 5.56 Å². The standard InChI is InChI=1S/C15H16N2O3/c16-9-8-15(17,14(19)20)13(18)12-7-3-5-10-4-1-2-6-11(10)12/h1-7H,8-9,16-17H2,(H,19,20). The van der Waals surface area contributed by atoms with Crippen LogP contribution in [0.5, 0.6) is 0 Å². The van der Waals surface area contributed by atoms with Gasteiger partial charge in [0.25, 0.3) is 0 Å². The van der Waals surface area contributed by atoms with Crippen LogP contribution in [0.15, 0.2) is 42.5 Å². The summed E-state index contributed by atoms with van der Waals surface area (Å²) in [6.45, 7) is 0.0271. The molecule has 0 heterocycles. The summed E-state index contributed by atoms with van der Waals surface area (Å²) in [5.74, 6) is -1.98. The van der Waals surface area contributed by atoms with Crippen molar-refractivity contribution in [2.75, 3.05) is 6.54 Å². The van der Waals surface area contributed by atoms with Crippen molar-refractivity contribution in [2.24, 2.45) is 11.5 Å². The van der Waals surface area contributed by atoms with Gasteiger partial charge in [0.2, 0.25) is 0 Å². The van der Waals surface area contributed by atoms with E-state index in [1.165, 1.54) is 0 Å². The number of hydrogen-bond donors (Lipinski definition) is 3. The van der Waals surface area contributed by atoms with E-state index in [0.29, 0.717) is 10.9 Å². The Labute approximate surface area is 116 Å². The molecule has 1 unspecified atom stereocenters. The number of carbonyl (C=O) groups is 2. The molecule has 0 aliphatic carbocycles. The summed E-state index contributed by atoms with van der Waals surface area (Å²) in [5, 5.41) is 10.8. The molecular formula is C15H16N2O3. The van der Waals surface area contributed by atoms with Crippen molar-refractivity contribution >= 4 is 22.5 Å². The van der Waals surface area contributed by atoms with Gasteiger partial charge in [-0.05, 0) is 23.7 Å². The molecule has 0 aliphatic heterocycles. The summed E-state index contributed by atoms with van der Waals surface area (Å²) in [4.78, 5) is 23.9. The average molecular weight is 272 g/mol. The van der Waals surface area contributed by atoms with Crippen LogP contribution in [0.3, 0.4) is 0 Å². The van der Waals surface area contributed by atoms with Crippen LogP contribution in [0.2, 0.25) is 0 Å². The second-order valence-corrected chi connectivity index (χ2v) is 4.67. The number of fused-ring (bicyclic) bond motifs is 1. The van der Waals surface area contributed by atoms with Crippen LogP contribution in [-0.4, -0.2) is 28.9 Å². The number of carboxylic acids is 1. The molecule has 1 atom stereocenters. The van der Waals surface area contributed by atoms with Gasteiger partial charge in [0.1, 0.15) is 0 Å². The smallest absolute Gasteiger partial charge is 0.331 e. The predicted molar refractivity (Wildman–Crippen MR) is 76.5 cm³/mol. The number of carboxylic acid groups (broad SMARTS) is 1. The van der Waals surface area contributed by atoms with Crippen LogP contribution in [0.25, 0.3) is 10.8 Å². The molecule has 2 aromatic carbocycles. The van der Waals surface area contributed by atoms with E-state index in [0.717, 1.165) is 5.39 Å². The maximum absolute atomic E-state index is 12.6. The number of rotatable bonds is 5. The second-order valence-electron chi connectivity index (χ2n) is 4.67. The Morgan fingerprint density at radius 2 is 1.75 bits per heavy atom. The van der Waals surface area contributed by atoms with Gasteiger partial charge >= 0.3 is 5.97 Å². The summed E-state index contributed by atoms with van der Waals surface area (Å²) < 4.78 is 0. The Hall–Kier alpha value is -2.24. The first kappa shape index (κ1) is 14.2. The average Bonchev–Trinajstić information content (AvgIpc) is 2.46. The van der Waals surface area contributed by atoms with Gasteiger partial charge < -0.3 is 16.6 Å². The van der Waals surface area contributed by atoms with E-state index in [4.69, 9.17) is 11.5 Å². The maximum Gasteiger partial charge on any atom is 0.331 e. The van der Waals surface area contributed by atoms with Gasteiger partial charge in [-0.25, -0.2) is 4.79 Å². The molecule has 20 heavy (non-hydrogen) atoms. The van der Waals surface area contributed by atoms with E-state index in [1.807, 2.05) is 18.2 Å². The number of benzene rings is 2. The number of nitrogens with two attached hydrogens (primary N) is 2. The van der Waals surface area contributed by atoms with Crippen molar-refractivity contribution in [1.82, 2.24) is 0 Å². The van der Waals surface area contributed by atoms with E-state index >= 15 is 0 Å². The Morgan fingerprint density at radius 3 is 2.40 bits per heavy atom. The SMILES string of the molecule is NCCC(N)(C(=O)O)C(=O)c1cccc2ccccc12. The van der Waals surface area contributed by atoms with Crippen molar-refractivity contribution in [1.29, 1.82) is 0 Å². The zero-order valence-electron chi connectivity index (χ0n) is 10.9. The zero-order valence-corrected chi connectivity index (χ0v) is 10.9. The highest BCUT2D eigenvalue weighted by molar-refractivity contribution is 6.20. The fraction of sp³-hybridized carbons (Fsp3) is 0.200. The minimum Gasteiger partial charge on any atom is -0.480 e. The van der Waals surface area contributed by atoms with Crippen LogP contribution >= 0.6 is 0 Å². The summed E-state index contributed by atoms with van der Waals surface area (Å²) in [6.07, 6.45) is -0.107. The van der Waals surface area contributed by atoms with E-state index in [9.17, 15) is 14.7 Å². The number of hydrogen-bond acceptors (Lipinski definition) is 4. The molecular weight excluding hydrogens is 256 g/mol. The lowest BCUT2D eigenvalue weighted by molar-refractivity contribution is -0.141. The topological polar surface area (TPSA) is 106 Å². The van der Waals surface area contributed by atoms with Crippen molar-refractivity contribution in [3.05, 3.63) is 48.0 Å². The largest absolute Gasteiger partial charge is 0.480 e. The molecule has 0 spiro atoms. The van der Waals surface area contributed by atoms with E-state index in [-0.39, 0.29) is 13.0 Å². The van der Waals surface area contributed by atoms with Crippen LogP contribution in [0.1, 0.15) is 16.8 Å². The van der Waals surface area contributed by atoms with E-state index < -0.39 is 17.3 Å². The molecule has 5 N–H and O–H groups in total. The lowest BCUT2D eigenvalue weighted by Gasteiger charge is -2.23. The molecule has 0 aliphatic rings. The summed E-state index contributed by atoms with van der Waals surface area (Å²) >= 11 is 0. The monoisotopic (exact) mass is 272 g/mol. The Balaban J connectivity index is 2.58. The molecule has 0 radical (unpaired) electrons. The third-order valence-electron chi connectivity index (χ3n) is 3.36. The second kappa shape index (κ2) is 5.40. The molecule has 0 bridgehead atoms. The van der Waals surface area contributed by atoms with Crippen LogP contribution in [0.4, 0.5) is 0 Å². The van der Waals surface area contributed by atoms with Crippen LogP contribution < -0.4 is 11.5 Å². The highest BCUT2D eigenvalue weighted by Crippen LogP contribution is 2.23. The van der Waals surface area contributed by atoms with Crippen molar-refractivity contribution in [3.63, 3.8) is 0 Å². The summed E-state index contributed by atoms with van der Waals surface area (Å²) in [5.41, 5.74) is 9.49. The lowest BCUT2D eigenvalue weighted by Crippen LogP contribution is -2.56. The minimum atomic E-state index is -1.99. The van der Waals surface area contributed by atoms with Crippen LogP contribution in [-0.2, 0) is 4.79 Å². The molecule has 0 amide bonds. The molecule has 0 fully saturated rings. The van der Waals surface area contributed by atoms with Gasteiger partial charge in [-0.2, -0.15) is 0 Å². The quantitative estimate of drug-likeness (QED) is 0.559. The van der Waals surface area contributed by atoms with Crippen molar-refractivity contribution < 1.29 is 14.7 Å². The molecule has 0 saturated heterocycles. The predicted octanol–water partition coefficient (Wildman–Crippen LogP) is 1.15. The van der Waals surface area contributed by atoms with Gasteiger partial charge in [0.15, 0.2) is 11.3 Å². The fourth-order valence-corrected chi connectivity index (χ4v) is 2.21. The van der Waals surface area contributed by atoms with E-state index in [2.05, 4.69) is 0 Å². The lowest BCUT2D eigenvalue weighted by atomic mass is 9.85. The van der Waals surface area contributed by atoms with Gasteiger partial charge in [-0.1, -0.05) is 42.5 Å². The van der Waals surface area contributed by atoms with E-state index in [1.54, 1.807) is 24.3 Å². The number of carbonyl (C=O) groups excluding carboxylic acids is 1. The maximum atomic E-state index is 12.6. The third kappa shape index (κ3) is 2.29. The Bertz CT molecular complexity index is 664. The number of ketones is 1. The molecule has 5 heteroatoms. The molecule has 2 rings (SSSR count). The molecule has 0 saturated carbocycles. The first-order valence-corrected chi connectivity index (χ1v) is 6.25. The van der Waals surface area contributed by atoms with Crippen molar-refractivity contribution in [3.8, 4) is 0 Å². The van der Waals surface area contributed by atoms with Gasteiger partial charge in [-0.3, -0.25) is 4.79 Å². The van der Waals surface area contributed by atoms with Crippen molar-refractivity contribution in [2.45, 2.75) is 12.0 Å². The summed E-state index contributed by atoms with van der Waals surface area (Å²) in [7, 11) is 0. The number of Topliss-reactive ketones (excluding diaryl/α,β-unsaturated/α-hetero) is 1. The van der Waals surface area contributed by atoms with Crippen LogP contribution in [0, 0.1) is 0 Å². The zero-order chi connectivity index (χ0) is 14.8. The molecule has 2 aromatic rings. The molecule has 5 nitrogen and oxygen atoms in total. The number of aliphatic carboxylic acids is 1. The normalized spacial score (nSPS) is 13.9.